The number of carbonyl (C=O) groups excluding carboxylic acids is 1. The first kappa shape index (κ1) is 14.5. The summed E-state index contributed by atoms with van der Waals surface area (Å²) in [5.74, 6) is 2.92. The monoisotopic (exact) mass is 307 g/mol. The Kier molecular flexibility index (Phi) is 4.55. The molecule has 1 unspecified atom stereocenters. The van der Waals surface area contributed by atoms with E-state index in [0.29, 0.717) is 0 Å². The quantitative estimate of drug-likeness (QED) is 0.903. The van der Waals surface area contributed by atoms with Crippen LogP contribution >= 0.6 is 11.8 Å². The summed E-state index contributed by atoms with van der Waals surface area (Å²) in [6, 6.07) is 8.12. The van der Waals surface area contributed by atoms with Crippen LogP contribution in [0.1, 0.15) is 0 Å². The van der Waals surface area contributed by atoms with Crippen molar-refractivity contribution in [3.05, 3.63) is 24.3 Å². The molecule has 21 heavy (non-hydrogen) atoms. The molecule has 2 heterocycles. The third-order valence-corrected chi connectivity index (χ3v) is 4.98. The van der Waals surface area contributed by atoms with Crippen molar-refractivity contribution in [2.45, 2.75) is 6.04 Å². The third kappa shape index (κ3) is 3.27. The molecule has 0 saturated carbocycles. The maximum Gasteiger partial charge on any atom is 0.240 e. The number of thioether (sulfide) groups is 1. The van der Waals surface area contributed by atoms with E-state index in [0.717, 1.165) is 43.6 Å². The average molecular weight is 307 g/mol. The molecule has 1 N–H and O–H groups in total. The number of piperazine rings is 1. The Balaban J connectivity index is 1.55. The number of hydrogen-bond acceptors (Lipinski definition) is 5. The molecule has 0 aromatic heterocycles. The molecule has 114 valence electrons. The van der Waals surface area contributed by atoms with E-state index in [1.54, 1.807) is 18.9 Å². The lowest BCUT2D eigenvalue weighted by Gasteiger charge is -2.37. The van der Waals surface area contributed by atoms with Crippen molar-refractivity contribution >= 4 is 23.4 Å². The Morgan fingerprint density at radius 3 is 2.52 bits per heavy atom. The van der Waals surface area contributed by atoms with Crippen LogP contribution in [0.3, 0.4) is 0 Å². The van der Waals surface area contributed by atoms with Gasteiger partial charge in [0.2, 0.25) is 5.91 Å². The van der Waals surface area contributed by atoms with E-state index in [-0.39, 0.29) is 11.9 Å². The lowest BCUT2D eigenvalue weighted by atomic mass is 10.2. The van der Waals surface area contributed by atoms with E-state index in [1.807, 2.05) is 17.0 Å². The zero-order valence-corrected chi connectivity index (χ0v) is 13.1. The minimum atomic E-state index is 0.0162. The molecular formula is C15H21N3O2S. The Hall–Kier alpha value is -1.40. The number of amides is 1. The first-order chi connectivity index (χ1) is 10.3. The van der Waals surface area contributed by atoms with Crippen molar-refractivity contribution in [3.63, 3.8) is 0 Å². The molecule has 3 rings (SSSR count). The number of methoxy groups -OCH3 is 1. The summed E-state index contributed by atoms with van der Waals surface area (Å²) in [5.41, 5.74) is 1.19. The topological polar surface area (TPSA) is 44.8 Å². The summed E-state index contributed by atoms with van der Waals surface area (Å²) >= 11 is 1.79. The van der Waals surface area contributed by atoms with Crippen molar-refractivity contribution in [2.75, 3.05) is 49.8 Å². The largest absolute Gasteiger partial charge is 0.497 e. The maximum absolute atomic E-state index is 12.3. The fraction of sp³-hybridized carbons (Fsp3) is 0.533. The van der Waals surface area contributed by atoms with Gasteiger partial charge in [-0.2, -0.15) is 0 Å². The predicted octanol–water partition coefficient (Wildman–Crippen LogP) is 1.01. The molecule has 1 amide bonds. The Labute approximate surface area is 129 Å². The smallest absolute Gasteiger partial charge is 0.240 e. The number of nitrogens with one attached hydrogen (secondary N) is 1. The Bertz CT molecular complexity index is 480. The molecule has 5 nitrogen and oxygen atoms in total. The lowest BCUT2D eigenvalue weighted by molar-refractivity contribution is -0.132. The van der Waals surface area contributed by atoms with Gasteiger partial charge in [0.25, 0.3) is 0 Å². The van der Waals surface area contributed by atoms with Gasteiger partial charge in [-0.15, -0.1) is 11.8 Å². The van der Waals surface area contributed by atoms with E-state index >= 15 is 0 Å². The van der Waals surface area contributed by atoms with Crippen LogP contribution in [0.15, 0.2) is 24.3 Å². The molecule has 0 radical (unpaired) electrons. The van der Waals surface area contributed by atoms with Crippen molar-refractivity contribution in [1.29, 1.82) is 0 Å². The molecule has 6 heteroatoms. The van der Waals surface area contributed by atoms with Gasteiger partial charge in [0.05, 0.1) is 13.2 Å². The zero-order valence-electron chi connectivity index (χ0n) is 12.2. The highest BCUT2D eigenvalue weighted by molar-refractivity contribution is 7.99. The fourth-order valence-electron chi connectivity index (χ4n) is 2.75. The van der Waals surface area contributed by atoms with E-state index < -0.39 is 0 Å². The van der Waals surface area contributed by atoms with E-state index in [2.05, 4.69) is 22.3 Å². The van der Waals surface area contributed by atoms with Crippen LogP contribution in [0.4, 0.5) is 5.69 Å². The van der Waals surface area contributed by atoms with Crippen LogP contribution in [0, 0.1) is 0 Å². The number of rotatable bonds is 3. The van der Waals surface area contributed by atoms with Crippen LogP contribution in [-0.4, -0.2) is 61.8 Å². The molecular weight excluding hydrogens is 286 g/mol. The van der Waals surface area contributed by atoms with Crippen molar-refractivity contribution in [1.82, 2.24) is 10.2 Å². The van der Waals surface area contributed by atoms with Crippen molar-refractivity contribution in [3.8, 4) is 5.75 Å². The molecule has 2 saturated heterocycles. The zero-order chi connectivity index (χ0) is 14.7. The number of carbonyl (C=O) groups is 1. The second kappa shape index (κ2) is 6.58. The Morgan fingerprint density at radius 1 is 1.24 bits per heavy atom. The standard InChI is InChI=1S/C15H21N3O2S/c1-20-13-4-2-12(3-5-13)17-6-8-18(9-7-17)15(19)14-10-21-11-16-14/h2-5,14,16H,6-11H2,1H3. The molecule has 1 atom stereocenters. The van der Waals surface area contributed by atoms with Crippen LogP contribution < -0.4 is 15.0 Å². The van der Waals surface area contributed by atoms with Gasteiger partial charge in [0.15, 0.2) is 0 Å². The molecule has 2 fully saturated rings. The normalized spacial score (nSPS) is 22.4. The van der Waals surface area contributed by atoms with E-state index in [1.165, 1.54) is 5.69 Å². The molecule has 2 aliphatic heterocycles. The second-order valence-corrected chi connectivity index (χ2v) is 6.31. The van der Waals surface area contributed by atoms with E-state index in [9.17, 15) is 4.79 Å². The van der Waals surface area contributed by atoms with Crippen molar-refractivity contribution < 1.29 is 9.53 Å². The number of anilines is 1. The summed E-state index contributed by atoms with van der Waals surface area (Å²) in [5, 5.41) is 3.25. The molecule has 1 aromatic carbocycles. The third-order valence-electron chi connectivity index (χ3n) is 4.04. The van der Waals surface area contributed by atoms with Crippen molar-refractivity contribution in [2.24, 2.45) is 0 Å². The van der Waals surface area contributed by atoms with Gasteiger partial charge in [-0.25, -0.2) is 0 Å². The summed E-state index contributed by atoms with van der Waals surface area (Å²) in [6.45, 7) is 3.37. The van der Waals surface area contributed by atoms with Gasteiger partial charge in [0.1, 0.15) is 5.75 Å². The predicted molar refractivity (Wildman–Crippen MR) is 86.0 cm³/mol. The highest BCUT2D eigenvalue weighted by Gasteiger charge is 2.29. The van der Waals surface area contributed by atoms with Gasteiger partial charge in [0, 0.05) is 43.5 Å². The minimum absolute atomic E-state index is 0.0162. The van der Waals surface area contributed by atoms with E-state index in [4.69, 9.17) is 4.74 Å². The van der Waals surface area contributed by atoms with Crippen LogP contribution in [0.2, 0.25) is 0 Å². The average Bonchev–Trinajstić information content (AvgIpc) is 3.09. The second-order valence-electron chi connectivity index (χ2n) is 5.28. The van der Waals surface area contributed by atoms with Gasteiger partial charge in [-0.05, 0) is 24.3 Å². The van der Waals surface area contributed by atoms with Crippen LogP contribution in [0.5, 0.6) is 5.75 Å². The van der Waals surface area contributed by atoms with Crippen LogP contribution in [-0.2, 0) is 4.79 Å². The summed E-state index contributed by atoms with van der Waals surface area (Å²) in [4.78, 5) is 16.7. The summed E-state index contributed by atoms with van der Waals surface area (Å²) in [7, 11) is 1.68. The van der Waals surface area contributed by atoms with Gasteiger partial charge in [-0.1, -0.05) is 0 Å². The molecule has 0 bridgehead atoms. The minimum Gasteiger partial charge on any atom is -0.497 e. The van der Waals surface area contributed by atoms with Crippen LogP contribution in [0.25, 0.3) is 0 Å². The number of benzene rings is 1. The number of nitrogens with zero attached hydrogens (tertiary/aromatic N) is 2. The molecule has 0 spiro atoms. The maximum atomic E-state index is 12.3. The number of ether oxygens (including phenoxy) is 1. The Morgan fingerprint density at radius 2 is 1.95 bits per heavy atom. The van der Waals surface area contributed by atoms with Gasteiger partial charge in [-0.3, -0.25) is 10.1 Å². The highest BCUT2D eigenvalue weighted by atomic mass is 32.2. The van der Waals surface area contributed by atoms with Gasteiger partial charge >= 0.3 is 0 Å². The molecule has 1 aromatic rings. The first-order valence-electron chi connectivity index (χ1n) is 7.27. The number of hydrogen-bond donors (Lipinski definition) is 1. The SMILES string of the molecule is COc1ccc(N2CCN(C(=O)C3CSCN3)CC2)cc1. The molecule has 2 aliphatic rings. The first-order valence-corrected chi connectivity index (χ1v) is 8.42. The lowest BCUT2D eigenvalue weighted by Crippen LogP contribution is -2.53. The highest BCUT2D eigenvalue weighted by Crippen LogP contribution is 2.21. The van der Waals surface area contributed by atoms with Gasteiger partial charge < -0.3 is 14.5 Å². The summed E-state index contributed by atoms with van der Waals surface area (Å²) < 4.78 is 5.18. The summed E-state index contributed by atoms with van der Waals surface area (Å²) in [6.07, 6.45) is 0. The fourth-order valence-corrected chi connectivity index (χ4v) is 3.69. The molecule has 0 aliphatic carbocycles.